The standard InChI is InChI=1S/C21H27FN4O4/c1-12-6-17(22)19(25-9-15-14(8-23)16(15)10-25)7-13(12)21(30)26(11-28)18(4-3-5-27)20(29)24-2/h5-7,11,14-16,18H,3-4,8-10,23H2,1-2H3,(H,24,29)/t14?,15-,16+,18?. The van der Waals surface area contributed by atoms with Crippen molar-refractivity contribution in [1.82, 2.24) is 10.2 Å². The number of hydrogen-bond donors (Lipinski definition) is 2. The van der Waals surface area contributed by atoms with Gasteiger partial charge in [0.2, 0.25) is 12.3 Å². The van der Waals surface area contributed by atoms with Crippen molar-refractivity contribution < 1.29 is 23.6 Å². The number of carbonyl (C=O) groups is 4. The van der Waals surface area contributed by atoms with Crippen molar-refractivity contribution in [2.24, 2.45) is 23.5 Å². The van der Waals surface area contributed by atoms with E-state index in [9.17, 15) is 23.6 Å². The van der Waals surface area contributed by atoms with Crippen LogP contribution in [0.5, 0.6) is 0 Å². The summed E-state index contributed by atoms with van der Waals surface area (Å²) in [6.07, 6.45) is 0.934. The fourth-order valence-electron chi connectivity index (χ4n) is 4.52. The number of carbonyl (C=O) groups excluding carboxylic acids is 4. The lowest BCUT2D eigenvalue weighted by atomic mass is 10.0. The Morgan fingerprint density at radius 2 is 2.00 bits per heavy atom. The van der Waals surface area contributed by atoms with Gasteiger partial charge in [-0.25, -0.2) is 4.39 Å². The molecule has 1 aliphatic carbocycles. The van der Waals surface area contributed by atoms with E-state index in [4.69, 9.17) is 5.73 Å². The van der Waals surface area contributed by atoms with Gasteiger partial charge >= 0.3 is 0 Å². The van der Waals surface area contributed by atoms with Crippen molar-refractivity contribution >= 4 is 30.2 Å². The molecule has 162 valence electrons. The molecular weight excluding hydrogens is 391 g/mol. The monoisotopic (exact) mass is 418 g/mol. The molecule has 1 aromatic carbocycles. The van der Waals surface area contributed by atoms with Crippen LogP contribution in [0.2, 0.25) is 0 Å². The van der Waals surface area contributed by atoms with Crippen molar-refractivity contribution in [3.05, 3.63) is 29.1 Å². The predicted molar refractivity (Wildman–Crippen MR) is 108 cm³/mol. The van der Waals surface area contributed by atoms with Crippen LogP contribution in [0, 0.1) is 30.5 Å². The van der Waals surface area contributed by atoms with E-state index in [1.54, 1.807) is 6.92 Å². The molecule has 0 bridgehead atoms. The van der Waals surface area contributed by atoms with Crippen molar-refractivity contribution in [2.75, 3.05) is 31.6 Å². The molecule has 2 aliphatic rings. The first kappa shape index (κ1) is 21.9. The zero-order valence-electron chi connectivity index (χ0n) is 17.1. The molecule has 3 rings (SSSR count). The molecule has 2 unspecified atom stereocenters. The molecule has 30 heavy (non-hydrogen) atoms. The van der Waals surface area contributed by atoms with E-state index in [-0.39, 0.29) is 24.8 Å². The van der Waals surface area contributed by atoms with Gasteiger partial charge in [-0.15, -0.1) is 0 Å². The second-order valence-electron chi connectivity index (χ2n) is 7.94. The van der Waals surface area contributed by atoms with Gasteiger partial charge in [0.25, 0.3) is 5.91 Å². The summed E-state index contributed by atoms with van der Waals surface area (Å²) in [5.74, 6) is -0.314. The number of nitrogens with one attached hydrogen (secondary N) is 1. The number of hydrogen-bond acceptors (Lipinski definition) is 6. The molecule has 1 saturated carbocycles. The summed E-state index contributed by atoms with van der Waals surface area (Å²) in [5.41, 5.74) is 6.56. The Bertz CT molecular complexity index is 850. The number of aldehydes is 1. The molecule has 1 aliphatic heterocycles. The average molecular weight is 418 g/mol. The van der Waals surface area contributed by atoms with Crippen LogP contribution in [0.4, 0.5) is 10.1 Å². The van der Waals surface area contributed by atoms with E-state index in [1.165, 1.54) is 19.2 Å². The summed E-state index contributed by atoms with van der Waals surface area (Å²) in [4.78, 5) is 50.5. The van der Waals surface area contributed by atoms with Gasteiger partial charge in [-0.05, 0) is 55.3 Å². The third-order valence-electron chi connectivity index (χ3n) is 6.30. The molecule has 1 saturated heterocycles. The van der Waals surface area contributed by atoms with Crippen LogP contribution < -0.4 is 16.0 Å². The molecule has 0 spiro atoms. The highest BCUT2D eigenvalue weighted by molar-refractivity contribution is 6.04. The maximum absolute atomic E-state index is 14.7. The van der Waals surface area contributed by atoms with Crippen LogP contribution in [-0.4, -0.2) is 62.1 Å². The highest BCUT2D eigenvalue weighted by Crippen LogP contribution is 2.52. The summed E-state index contributed by atoms with van der Waals surface area (Å²) < 4.78 is 14.7. The number of fused-ring (bicyclic) bond motifs is 1. The molecule has 2 fully saturated rings. The molecule has 3 N–H and O–H groups in total. The van der Waals surface area contributed by atoms with E-state index in [0.717, 1.165) is 4.90 Å². The highest BCUT2D eigenvalue weighted by Gasteiger charge is 2.55. The van der Waals surface area contributed by atoms with E-state index in [0.29, 0.717) is 54.9 Å². The number of amides is 3. The largest absolute Gasteiger partial charge is 0.369 e. The molecule has 3 amide bonds. The van der Waals surface area contributed by atoms with Crippen LogP contribution in [-0.2, 0) is 14.4 Å². The predicted octanol–water partition coefficient (Wildman–Crippen LogP) is 0.467. The second-order valence-corrected chi connectivity index (χ2v) is 7.94. The molecule has 8 nitrogen and oxygen atoms in total. The first-order chi connectivity index (χ1) is 14.4. The van der Waals surface area contributed by atoms with Crippen molar-refractivity contribution in [2.45, 2.75) is 25.8 Å². The second kappa shape index (κ2) is 8.91. The van der Waals surface area contributed by atoms with Gasteiger partial charge in [-0.1, -0.05) is 0 Å². The number of piperidine rings is 1. The maximum atomic E-state index is 14.7. The lowest BCUT2D eigenvalue weighted by molar-refractivity contribution is -0.131. The summed E-state index contributed by atoms with van der Waals surface area (Å²) in [5, 5.41) is 2.41. The Kier molecular flexibility index (Phi) is 6.50. The average Bonchev–Trinajstić information content (AvgIpc) is 3.21. The van der Waals surface area contributed by atoms with Crippen LogP contribution in [0.25, 0.3) is 0 Å². The molecule has 1 aromatic rings. The minimum atomic E-state index is -1.12. The Labute approximate surface area is 174 Å². The summed E-state index contributed by atoms with van der Waals surface area (Å²) >= 11 is 0. The number of halogens is 1. The van der Waals surface area contributed by atoms with Crippen molar-refractivity contribution in [3.8, 4) is 0 Å². The molecule has 9 heteroatoms. The first-order valence-electron chi connectivity index (χ1n) is 10.1. The molecule has 1 heterocycles. The normalized spacial score (nSPS) is 22.8. The number of aryl methyl sites for hydroxylation is 1. The fourth-order valence-corrected chi connectivity index (χ4v) is 4.52. The molecule has 0 aromatic heterocycles. The lowest BCUT2D eigenvalue weighted by Gasteiger charge is -2.27. The summed E-state index contributed by atoms with van der Waals surface area (Å²) in [7, 11) is 1.39. The summed E-state index contributed by atoms with van der Waals surface area (Å²) in [6, 6.07) is 1.60. The number of anilines is 1. The van der Waals surface area contributed by atoms with Gasteiger partial charge in [-0.2, -0.15) is 0 Å². The highest BCUT2D eigenvalue weighted by atomic mass is 19.1. The maximum Gasteiger partial charge on any atom is 0.261 e. The van der Waals surface area contributed by atoms with E-state index >= 15 is 0 Å². The number of likely N-dealkylation sites (N-methyl/N-ethyl adjacent to an activating group) is 1. The zero-order chi connectivity index (χ0) is 22.0. The Hall–Kier alpha value is -2.81. The topological polar surface area (TPSA) is 113 Å². The van der Waals surface area contributed by atoms with Gasteiger partial charge in [0.15, 0.2) is 0 Å². The quantitative estimate of drug-likeness (QED) is 0.564. The van der Waals surface area contributed by atoms with Crippen molar-refractivity contribution in [1.29, 1.82) is 0 Å². The van der Waals surface area contributed by atoms with Crippen LogP contribution in [0.3, 0.4) is 0 Å². The van der Waals surface area contributed by atoms with Gasteiger partial charge in [-0.3, -0.25) is 19.3 Å². The van der Waals surface area contributed by atoms with Crippen LogP contribution >= 0.6 is 0 Å². The number of benzene rings is 1. The SMILES string of the molecule is CNC(=O)C(CCC=O)N(C=O)C(=O)c1cc(N2C[C@@H]3C(CN)[C@@H]3C2)c(F)cc1C. The Balaban J connectivity index is 1.88. The molecule has 4 atom stereocenters. The van der Waals surface area contributed by atoms with E-state index in [1.807, 2.05) is 4.90 Å². The minimum absolute atomic E-state index is 0.0106. The van der Waals surface area contributed by atoms with Gasteiger partial charge in [0.1, 0.15) is 18.1 Å². The smallest absolute Gasteiger partial charge is 0.261 e. The van der Waals surface area contributed by atoms with Crippen LogP contribution in [0.1, 0.15) is 28.8 Å². The van der Waals surface area contributed by atoms with Gasteiger partial charge in [0.05, 0.1) is 5.69 Å². The van der Waals surface area contributed by atoms with E-state index in [2.05, 4.69) is 5.32 Å². The fraction of sp³-hybridized carbons (Fsp3) is 0.524. The Morgan fingerprint density at radius 1 is 1.33 bits per heavy atom. The summed E-state index contributed by atoms with van der Waals surface area (Å²) in [6.45, 7) is 3.56. The lowest BCUT2D eigenvalue weighted by Crippen LogP contribution is -2.48. The first-order valence-corrected chi connectivity index (χ1v) is 10.1. The minimum Gasteiger partial charge on any atom is -0.369 e. The third kappa shape index (κ3) is 3.94. The van der Waals surface area contributed by atoms with Crippen molar-refractivity contribution in [3.63, 3.8) is 0 Å². The van der Waals surface area contributed by atoms with Crippen LogP contribution in [0.15, 0.2) is 12.1 Å². The number of nitrogens with two attached hydrogens (primary N) is 1. The molecule has 0 radical (unpaired) electrons. The molecular formula is C21H27FN4O4. The third-order valence-corrected chi connectivity index (χ3v) is 6.30. The Morgan fingerprint density at radius 3 is 2.53 bits per heavy atom. The number of nitrogens with zero attached hydrogens (tertiary/aromatic N) is 2. The zero-order valence-corrected chi connectivity index (χ0v) is 17.1. The number of imide groups is 1. The van der Waals surface area contributed by atoms with Gasteiger partial charge < -0.3 is 20.7 Å². The van der Waals surface area contributed by atoms with E-state index < -0.39 is 23.7 Å². The van der Waals surface area contributed by atoms with Gasteiger partial charge in [0, 0.05) is 32.1 Å². The number of rotatable bonds is 9.